The number of likely N-dealkylation sites (tertiary alicyclic amines) is 1. The molecule has 0 saturated carbocycles. The quantitative estimate of drug-likeness (QED) is 0.612. The summed E-state index contributed by atoms with van der Waals surface area (Å²) in [5.41, 5.74) is 0. The third kappa shape index (κ3) is 2.91. The van der Waals surface area contributed by atoms with Gasteiger partial charge in [-0.05, 0) is 12.8 Å². The lowest BCUT2D eigenvalue weighted by molar-refractivity contribution is -0.143. The summed E-state index contributed by atoms with van der Waals surface area (Å²) < 4.78 is 0. The average molecular weight is 255 g/mol. The van der Waals surface area contributed by atoms with Gasteiger partial charge in [0.15, 0.2) is 0 Å². The minimum atomic E-state index is -0.791. The van der Waals surface area contributed by atoms with Gasteiger partial charge < -0.3 is 20.6 Å². The normalized spacial score (nSPS) is 24.8. The number of nitrogens with zero attached hydrogens (tertiary/aromatic N) is 1. The van der Waals surface area contributed by atoms with Crippen molar-refractivity contribution in [3.05, 3.63) is 0 Å². The number of hydrogen-bond acceptors (Lipinski definition) is 3. The van der Waals surface area contributed by atoms with Crippen LogP contribution >= 0.6 is 0 Å². The molecule has 7 heteroatoms. The third-order valence-corrected chi connectivity index (χ3v) is 3.44. The minimum absolute atomic E-state index is 0.0510. The molecular formula is C11H17N3O4. The van der Waals surface area contributed by atoms with Crippen molar-refractivity contribution in [2.75, 3.05) is 19.6 Å². The van der Waals surface area contributed by atoms with E-state index in [1.165, 1.54) is 0 Å². The van der Waals surface area contributed by atoms with Gasteiger partial charge in [-0.3, -0.25) is 9.59 Å². The number of urea groups is 1. The maximum absolute atomic E-state index is 11.9. The summed E-state index contributed by atoms with van der Waals surface area (Å²) in [7, 11) is 0. The van der Waals surface area contributed by atoms with Crippen LogP contribution in [0.4, 0.5) is 4.79 Å². The smallest absolute Gasteiger partial charge is 0.317 e. The number of carbonyl (C=O) groups excluding carboxylic acids is 2. The summed E-state index contributed by atoms with van der Waals surface area (Å²) in [5, 5.41) is 14.3. The van der Waals surface area contributed by atoms with Crippen LogP contribution in [-0.2, 0) is 9.59 Å². The molecule has 100 valence electrons. The van der Waals surface area contributed by atoms with Crippen LogP contribution in [0.1, 0.15) is 19.3 Å². The lowest BCUT2D eigenvalue weighted by Crippen LogP contribution is -2.49. The maximum atomic E-state index is 11.9. The number of hydrogen-bond donors (Lipinski definition) is 3. The summed E-state index contributed by atoms with van der Waals surface area (Å²) >= 11 is 0. The zero-order valence-corrected chi connectivity index (χ0v) is 10.0. The number of carbonyl (C=O) groups is 3. The van der Waals surface area contributed by atoms with Gasteiger partial charge in [-0.15, -0.1) is 0 Å². The van der Waals surface area contributed by atoms with Crippen LogP contribution in [0.15, 0.2) is 0 Å². The van der Waals surface area contributed by atoms with Crippen molar-refractivity contribution >= 4 is 17.9 Å². The van der Waals surface area contributed by atoms with Gasteiger partial charge in [-0.1, -0.05) is 0 Å². The fourth-order valence-electron chi connectivity index (χ4n) is 2.30. The van der Waals surface area contributed by atoms with Gasteiger partial charge in [0.1, 0.15) is 0 Å². The van der Waals surface area contributed by atoms with Crippen molar-refractivity contribution in [1.82, 2.24) is 15.5 Å². The summed E-state index contributed by atoms with van der Waals surface area (Å²) in [5.74, 6) is -1.19. The van der Waals surface area contributed by atoms with Crippen LogP contribution < -0.4 is 10.6 Å². The second kappa shape index (κ2) is 5.24. The Morgan fingerprint density at radius 1 is 1.33 bits per heavy atom. The third-order valence-electron chi connectivity index (χ3n) is 3.44. The van der Waals surface area contributed by atoms with Crippen molar-refractivity contribution in [2.45, 2.75) is 25.3 Å². The summed E-state index contributed by atoms with van der Waals surface area (Å²) in [6, 6.07) is -0.359. The van der Waals surface area contributed by atoms with Crippen LogP contribution in [0.5, 0.6) is 0 Å². The Morgan fingerprint density at radius 2 is 2.00 bits per heavy atom. The van der Waals surface area contributed by atoms with E-state index >= 15 is 0 Å². The molecule has 7 nitrogen and oxygen atoms in total. The zero-order chi connectivity index (χ0) is 13.1. The van der Waals surface area contributed by atoms with Crippen molar-refractivity contribution in [3.8, 4) is 0 Å². The number of aliphatic carboxylic acids is 1. The van der Waals surface area contributed by atoms with Crippen LogP contribution in [-0.4, -0.2) is 53.6 Å². The second-order valence-electron chi connectivity index (χ2n) is 4.75. The van der Waals surface area contributed by atoms with Crippen molar-refractivity contribution in [3.63, 3.8) is 0 Å². The molecule has 2 heterocycles. The molecule has 0 bridgehead atoms. The monoisotopic (exact) mass is 255 g/mol. The first-order chi connectivity index (χ1) is 8.56. The lowest BCUT2D eigenvalue weighted by Gasteiger charge is -2.30. The molecule has 2 fully saturated rings. The highest BCUT2D eigenvalue weighted by Gasteiger charge is 2.29. The molecule has 0 spiro atoms. The van der Waals surface area contributed by atoms with E-state index in [0.29, 0.717) is 38.9 Å². The van der Waals surface area contributed by atoms with E-state index in [0.717, 1.165) is 0 Å². The molecule has 2 saturated heterocycles. The lowest BCUT2D eigenvalue weighted by atomic mass is 9.97. The number of amides is 3. The second-order valence-corrected chi connectivity index (χ2v) is 4.75. The van der Waals surface area contributed by atoms with Gasteiger partial charge in [-0.25, -0.2) is 4.79 Å². The van der Waals surface area contributed by atoms with Gasteiger partial charge in [-0.2, -0.15) is 0 Å². The zero-order valence-electron chi connectivity index (χ0n) is 10.0. The first kappa shape index (κ1) is 12.7. The molecule has 1 unspecified atom stereocenters. The van der Waals surface area contributed by atoms with E-state index in [1.54, 1.807) is 4.90 Å². The van der Waals surface area contributed by atoms with E-state index in [9.17, 15) is 14.4 Å². The van der Waals surface area contributed by atoms with Gasteiger partial charge in [0, 0.05) is 26.1 Å². The van der Waals surface area contributed by atoms with Gasteiger partial charge in [0.2, 0.25) is 5.91 Å². The fraction of sp³-hybridized carbons (Fsp3) is 0.727. The first-order valence-electron chi connectivity index (χ1n) is 6.11. The Balaban J connectivity index is 1.77. The summed E-state index contributed by atoms with van der Waals surface area (Å²) in [6.45, 7) is 1.38. The Bertz CT molecular complexity index is 363. The van der Waals surface area contributed by atoms with Crippen molar-refractivity contribution in [2.24, 2.45) is 5.92 Å². The Labute approximate surface area is 105 Å². The topological polar surface area (TPSA) is 98.7 Å². The predicted molar refractivity (Wildman–Crippen MR) is 61.9 cm³/mol. The molecule has 3 amide bonds. The summed E-state index contributed by atoms with van der Waals surface area (Å²) in [6.07, 6.45) is 1.30. The molecule has 0 radical (unpaired) electrons. The van der Waals surface area contributed by atoms with Gasteiger partial charge in [0.05, 0.1) is 12.0 Å². The maximum Gasteiger partial charge on any atom is 0.317 e. The standard InChI is InChI=1S/C11H17N3O4/c15-9-5-8(6-12-9)13-11(18)14-3-1-7(2-4-14)10(16)17/h7-8H,1-6H2,(H,12,15)(H,13,18)(H,16,17). The molecule has 2 rings (SSSR count). The van der Waals surface area contributed by atoms with Crippen LogP contribution in [0, 0.1) is 5.92 Å². The largest absolute Gasteiger partial charge is 0.481 e. The van der Waals surface area contributed by atoms with E-state index in [-0.39, 0.29) is 23.9 Å². The van der Waals surface area contributed by atoms with Gasteiger partial charge >= 0.3 is 12.0 Å². The molecular weight excluding hydrogens is 238 g/mol. The van der Waals surface area contributed by atoms with E-state index in [1.807, 2.05) is 0 Å². The Hall–Kier alpha value is -1.79. The van der Waals surface area contributed by atoms with Crippen LogP contribution in [0.2, 0.25) is 0 Å². The molecule has 3 N–H and O–H groups in total. The molecule has 1 atom stereocenters. The van der Waals surface area contributed by atoms with E-state index in [4.69, 9.17) is 5.11 Å². The average Bonchev–Trinajstić information content (AvgIpc) is 2.75. The molecule has 18 heavy (non-hydrogen) atoms. The predicted octanol–water partition coefficient (Wildman–Crippen LogP) is -0.619. The highest BCUT2D eigenvalue weighted by Crippen LogP contribution is 2.17. The SMILES string of the molecule is O=C1CC(NC(=O)N2CCC(C(=O)O)CC2)CN1. The number of nitrogens with one attached hydrogen (secondary N) is 2. The molecule has 0 aromatic carbocycles. The highest BCUT2D eigenvalue weighted by molar-refractivity contribution is 5.81. The molecule has 2 aliphatic heterocycles. The number of piperidine rings is 1. The van der Waals surface area contributed by atoms with Crippen LogP contribution in [0.3, 0.4) is 0 Å². The summed E-state index contributed by atoms with van der Waals surface area (Å²) in [4.78, 5) is 35.2. The Kier molecular flexibility index (Phi) is 3.69. The number of rotatable bonds is 2. The van der Waals surface area contributed by atoms with E-state index < -0.39 is 5.97 Å². The first-order valence-corrected chi connectivity index (χ1v) is 6.11. The Morgan fingerprint density at radius 3 is 2.50 bits per heavy atom. The van der Waals surface area contributed by atoms with Crippen LogP contribution in [0.25, 0.3) is 0 Å². The van der Waals surface area contributed by atoms with Gasteiger partial charge in [0.25, 0.3) is 0 Å². The van der Waals surface area contributed by atoms with Crippen molar-refractivity contribution < 1.29 is 19.5 Å². The molecule has 0 aliphatic carbocycles. The minimum Gasteiger partial charge on any atom is -0.481 e. The highest BCUT2D eigenvalue weighted by atomic mass is 16.4. The number of carboxylic acids is 1. The number of carboxylic acid groups (broad SMARTS) is 1. The molecule has 0 aromatic rings. The fourth-order valence-corrected chi connectivity index (χ4v) is 2.30. The van der Waals surface area contributed by atoms with Crippen molar-refractivity contribution in [1.29, 1.82) is 0 Å². The van der Waals surface area contributed by atoms with E-state index in [2.05, 4.69) is 10.6 Å². The molecule has 2 aliphatic rings. The molecule has 0 aromatic heterocycles.